The molecule has 1 aromatic rings. The molecule has 0 fully saturated rings. The fourth-order valence-electron chi connectivity index (χ4n) is 0.567. The first-order valence-corrected chi connectivity index (χ1v) is 6.38. The van der Waals surface area contributed by atoms with Crippen LogP contribution in [0, 0.1) is 5.21 Å². The van der Waals surface area contributed by atoms with E-state index in [9.17, 15) is 5.21 Å². The Morgan fingerprint density at radius 3 is 2.54 bits per heavy atom. The molecule has 0 aliphatic rings. The van der Waals surface area contributed by atoms with Crippen molar-refractivity contribution in [3.63, 3.8) is 0 Å². The van der Waals surface area contributed by atoms with Gasteiger partial charge in [-0.25, -0.2) is 0 Å². The Morgan fingerprint density at radius 1 is 1.31 bits per heavy atom. The maximum atomic E-state index is 11.1. The molecule has 2 nitrogen and oxygen atoms in total. The molecule has 13 heavy (non-hydrogen) atoms. The quantitative estimate of drug-likeness (QED) is 0.358. The van der Waals surface area contributed by atoms with E-state index in [1.165, 1.54) is 6.20 Å². The van der Waals surface area contributed by atoms with E-state index < -0.39 is 3.12 Å². The normalized spacial score (nSPS) is 11.6. The van der Waals surface area contributed by atoms with Crippen molar-refractivity contribution in [1.29, 1.82) is 0 Å². The predicted octanol–water partition coefficient (Wildman–Crippen LogP) is 3.39. The van der Waals surface area contributed by atoms with E-state index in [0.717, 1.165) is 21.6 Å². The number of alkyl halides is 3. The van der Waals surface area contributed by atoms with E-state index in [0.29, 0.717) is 9.76 Å². The van der Waals surface area contributed by atoms with Crippen LogP contribution in [0.2, 0.25) is 0 Å². The molecule has 0 aliphatic carbocycles. The topological polar surface area (TPSA) is 26.9 Å². The van der Waals surface area contributed by atoms with Gasteiger partial charge < -0.3 is 5.21 Å². The summed E-state index contributed by atoms with van der Waals surface area (Å²) in [6.07, 6.45) is 1.39. The van der Waals surface area contributed by atoms with Crippen molar-refractivity contribution >= 4 is 56.4 Å². The van der Waals surface area contributed by atoms with Gasteiger partial charge in [0.05, 0.1) is 0 Å². The zero-order valence-electron chi connectivity index (χ0n) is 6.12. The number of nitrogens with zero attached hydrogens (tertiary/aromatic N) is 1. The summed E-state index contributed by atoms with van der Waals surface area (Å²) < 4.78 is -0.693. The van der Waals surface area contributed by atoms with E-state index >= 15 is 0 Å². The van der Waals surface area contributed by atoms with Gasteiger partial charge in [-0.2, -0.15) is 4.73 Å². The maximum Gasteiger partial charge on any atom is 0.262 e. The minimum Gasteiger partial charge on any atom is -0.618 e. The summed E-state index contributed by atoms with van der Waals surface area (Å²) in [5.41, 5.74) is 0. The first kappa shape index (κ1) is 11.6. The molecular weight excluding hydrogens is 273 g/mol. The molecule has 0 bridgehead atoms. The van der Waals surface area contributed by atoms with Crippen molar-refractivity contribution in [2.75, 3.05) is 0 Å². The molecule has 0 N–H and O–H groups in total. The standard InChI is InChI=1S/C6H4Cl3NOS2/c7-6(8,9)13-12-5-3-1-2-4-10(5)11/h1-4H. The third kappa shape index (κ3) is 4.51. The summed E-state index contributed by atoms with van der Waals surface area (Å²) in [5.74, 6) is 0. The van der Waals surface area contributed by atoms with Crippen LogP contribution in [0.1, 0.15) is 0 Å². The second kappa shape index (κ2) is 4.84. The fourth-order valence-corrected chi connectivity index (χ4v) is 2.79. The Morgan fingerprint density at radius 2 is 2.00 bits per heavy atom. The van der Waals surface area contributed by atoms with E-state index in [1.54, 1.807) is 18.2 Å². The van der Waals surface area contributed by atoms with E-state index in [1.807, 2.05) is 0 Å². The van der Waals surface area contributed by atoms with Crippen molar-refractivity contribution in [2.24, 2.45) is 0 Å². The van der Waals surface area contributed by atoms with Crippen LogP contribution in [-0.4, -0.2) is 3.12 Å². The highest BCUT2D eigenvalue weighted by molar-refractivity contribution is 8.78. The van der Waals surface area contributed by atoms with Crippen LogP contribution in [0.25, 0.3) is 0 Å². The largest absolute Gasteiger partial charge is 0.618 e. The Kier molecular flexibility index (Phi) is 4.32. The van der Waals surface area contributed by atoms with Crippen molar-refractivity contribution in [2.45, 2.75) is 8.15 Å². The van der Waals surface area contributed by atoms with Crippen molar-refractivity contribution in [3.05, 3.63) is 29.6 Å². The molecule has 0 atom stereocenters. The number of hydrogen-bond donors (Lipinski definition) is 0. The van der Waals surface area contributed by atoms with Gasteiger partial charge in [0.2, 0.25) is 3.12 Å². The van der Waals surface area contributed by atoms with Gasteiger partial charge in [-0.3, -0.25) is 0 Å². The summed E-state index contributed by atoms with van der Waals surface area (Å²) >= 11 is 16.5. The highest BCUT2D eigenvalue weighted by Gasteiger charge is 2.23. The number of aromatic nitrogens is 1. The molecule has 0 amide bonds. The summed E-state index contributed by atoms with van der Waals surface area (Å²) in [4.78, 5) is 0. The molecule has 72 valence electrons. The molecule has 1 heterocycles. The van der Waals surface area contributed by atoms with Crippen LogP contribution in [0.5, 0.6) is 0 Å². The first-order valence-electron chi connectivity index (χ1n) is 3.09. The van der Waals surface area contributed by atoms with Gasteiger partial charge >= 0.3 is 0 Å². The Bertz CT molecular complexity index is 291. The van der Waals surface area contributed by atoms with Crippen LogP contribution >= 0.6 is 56.4 Å². The van der Waals surface area contributed by atoms with E-state index in [2.05, 4.69) is 0 Å². The monoisotopic (exact) mass is 275 g/mol. The highest BCUT2D eigenvalue weighted by atomic mass is 35.6. The van der Waals surface area contributed by atoms with Crippen LogP contribution in [-0.2, 0) is 0 Å². The highest BCUT2D eigenvalue weighted by Crippen LogP contribution is 2.47. The molecule has 0 aliphatic heterocycles. The minimum absolute atomic E-state index is 0.485. The zero-order chi connectivity index (χ0) is 9.90. The predicted molar refractivity (Wildman–Crippen MR) is 59.1 cm³/mol. The van der Waals surface area contributed by atoms with Gasteiger partial charge in [0.25, 0.3) is 5.03 Å². The SMILES string of the molecule is [O-][n+]1ccccc1SSC(Cl)(Cl)Cl. The Balaban J connectivity index is 2.60. The molecule has 0 saturated heterocycles. The van der Waals surface area contributed by atoms with Crippen molar-refractivity contribution in [1.82, 2.24) is 0 Å². The van der Waals surface area contributed by atoms with Crippen molar-refractivity contribution < 1.29 is 4.73 Å². The van der Waals surface area contributed by atoms with E-state index in [-0.39, 0.29) is 0 Å². The van der Waals surface area contributed by atoms with Gasteiger partial charge in [0, 0.05) is 22.9 Å². The Labute approximate surface area is 98.5 Å². The van der Waals surface area contributed by atoms with Crippen LogP contribution in [0.4, 0.5) is 0 Å². The van der Waals surface area contributed by atoms with Gasteiger partial charge in [0.1, 0.15) is 0 Å². The molecule has 1 rings (SSSR count). The molecule has 0 radical (unpaired) electrons. The third-order valence-electron chi connectivity index (χ3n) is 1.01. The molecule has 1 aromatic heterocycles. The molecular formula is C6H4Cl3NOS2. The number of hydrogen-bond acceptors (Lipinski definition) is 3. The molecule has 0 spiro atoms. The smallest absolute Gasteiger partial charge is 0.262 e. The van der Waals surface area contributed by atoms with Gasteiger partial charge in [-0.15, -0.1) is 0 Å². The second-order valence-electron chi connectivity index (χ2n) is 1.98. The minimum atomic E-state index is -1.41. The molecule has 0 unspecified atom stereocenters. The van der Waals surface area contributed by atoms with Gasteiger partial charge in [0.15, 0.2) is 6.20 Å². The van der Waals surface area contributed by atoms with Gasteiger partial charge in [-0.05, 0) is 16.9 Å². The Hall–Kier alpha value is 0.520. The average Bonchev–Trinajstić information content (AvgIpc) is 2.01. The molecule has 0 aromatic carbocycles. The molecule has 0 saturated carbocycles. The summed E-state index contributed by atoms with van der Waals surface area (Å²) in [6, 6.07) is 5.04. The van der Waals surface area contributed by atoms with Crippen molar-refractivity contribution in [3.8, 4) is 0 Å². The lowest BCUT2D eigenvalue weighted by Crippen LogP contribution is -2.27. The third-order valence-corrected chi connectivity index (χ3v) is 4.80. The summed E-state index contributed by atoms with van der Waals surface area (Å²) in [7, 11) is 2.12. The maximum absolute atomic E-state index is 11.1. The zero-order valence-corrected chi connectivity index (χ0v) is 10.0. The number of halogens is 3. The van der Waals surface area contributed by atoms with Gasteiger partial charge in [-0.1, -0.05) is 34.8 Å². The number of pyridine rings is 1. The van der Waals surface area contributed by atoms with Crippen LogP contribution in [0.15, 0.2) is 29.4 Å². The van der Waals surface area contributed by atoms with Crippen LogP contribution in [0.3, 0.4) is 0 Å². The van der Waals surface area contributed by atoms with Crippen LogP contribution < -0.4 is 4.73 Å². The lowest BCUT2D eigenvalue weighted by Gasteiger charge is -2.07. The van der Waals surface area contributed by atoms with E-state index in [4.69, 9.17) is 34.8 Å². The number of rotatable bonds is 2. The lowest BCUT2D eigenvalue weighted by atomic mass is 10.5. The average molecular weight is 277 g/mol. The summed E-state index contributed by atoms with van der Waals surface area (Å²) in [5, 5.41) is 11.6. The fraction of sp³-hybridized carbons (Fsp3) is 0.167. The lowest BCUT2D eigenvalue weighted by molar-refractivity contribution is -0.645. The summed E-state index contributed by atoms with van der Waals surface area (Å²) in [6.45, 7) is 0. The molecule has 7 heteroatoms. The first-order chi connectivity index (χ1) is 5.99. The second-order valence-corrected chi connectivity index (χ2v) is 7.29.